The molecule has 1 heterocycles. The van der Waals surface area contributed by atoms with Crippen LogP contribution in [0.5, 0.6) is 11.5 Å². The van der Waals surface area contributed by atoms with Crippen LogP contribution in [0, 0.1) is 0 Å². The lowest BCUT2D eigenvalue weighted by Crippen LogP contribution is -2.28. The molecule has 5 nitrogen and oxygen atoms in total. The van der Waals surface area contributed by atoms with Gasteiger partial charge in [0.25, 0.3) is 5.91 Å². The molecule has 0 fully saturated rings. The Morgan fingerprint density at radius 3 is 2.76 bits per heavy atom. The first-order valence-electron chi connectivity index (χ1n) is 8.06. The second-order valence-corrected chi connectivity index (χ2v) is 5.86. The van der Waals surface area contributed by atoms with E-state index in [1.807, 2.05) is 42.5 Å². The summed E-state index contributed by atoms with van der Waals surface area (Å²) in [7, 11) is 0. The Balaban J connectivity index is 1.48. The van der Waals surface area contributed by atoms with Crippen molar-refractivity contribution in [3.63, 3.8) is 0 Å². The number of rotatable bonds is 4. The molecule has 3 aromatic carbocycles. The van der Waals surface area contributed by atoms with E-state index in [1.54, 1.807) is 18.2 Å². The third-order valence-electron chi connectivity index (χ3n) is 4.27. The molecule has 0 radical (unpaired) electrons. The number of nitrogens with one attached hydrogen (secondary N) is 1. The number of aliphatic hydroxyl groups is 1. The number of hydrogen-bond donors (Lipinski definition) is 2. The largest absolute Gasteiger partial charge is 0.454 e. The van der Waals surface area contributed by atoms with E-state index >= 15 is 0 Å². The lowest BCUT2D eigenvalue weighted by molar-refractivity contribution is 0.0916. The summed E-state index contributed by atoms with van der Waals surface area (Å²) >= 11 is 0. The quantitative estimate of drug-likeness (QED) is 0.769. The summed E-state index contributed by atoms with van der Waals surface area (Å²) in [5.41, 5.74) is 1.26. The molecule has 0 saturated heterocycles. The maximum Gasteiger partial charge on any atom is 0.251 e. The number of fused-ring (bicyclic) bond motifs is 2. The summed E-state index contributed by atoms with van der Waals surface area (Å²) in [6, 6.07) is 18.7. The van der Waals surface area contributed by atoms with Gasteiger partial charge in [0.2, 0.25) is 6.79 Å². The zero-order valence-electron chi connectivity index (χ0n) is 13.4. The van der Waals surface area contributed by atoms with Gasteiger partial charge in [-0.25, -0.2) is 0 Å². The number of benzene rings is 3. The molecule has 126 valence electrons. The fourth-order valence-electron chi connectivity index (χ4n) is 2.98. The van der Waals surface area contributed by atoms with E-state index < -0.39 is 6.10 Å². The molecule has 0 spiro atoms. The van der Waals surface area contributed by atoms with E-state index in [-0.39, 0.29) is 19.2 Å². The molecule has 0 bridgehead atoms. The lowest BCUT2D eigenvalue weighted by atomic mass is 10.0. The Kier molecular flexibility index (Phi) is 3.99. The monoisotopic (exact) mass is 335 g/mol. The van der Waals surface area contributed by atoms with E-state index in [4.69, 9.17) is 9.47 Å². The Labute approximate surface area is 144 Å². The summed E-state index contributed by atoms with van der Waals surface area (Å²) in [5.74, 6) is 0.923. The lowest BCUT2D eigenvalue weighted by Gasteiger charge is -2.15. The van der Waals surface area contributed by atoms with Gasteiger partial charge in [-0.05, 0) is 34.5 Å². The van der Waals surface area contributed by atoms with Gasteiger partial charge in [-0.2, -0.15) is 0 Å². The van der Waals surface area contributed by atoms with Crippen LogP contribution in [-0.4, -0.2) is 24.4 Å². The zero-order valence-corrected chi connectivity index (χ0v) is 13.4. The molecule has 1 aliphatic rings. The average Bonchev–Trinajstić information content (AvgIpc) is 3.13. The Hall–Kier alpha value is -3.05. The van der Waals surface area contributed by atoms with E-state index in [1.165, 1.54) is 0 Å². The van der Waals surface area contributed by atoms with Crippen molar-refractivity contribution in [1.82, 2.24) is 5.32 Å². The highest BCUT2D eigenvalue weighted by molar-refractivity contribution is 5.95. The van der Waals surface area contributed by atoms with Gasteiger partial charge in [0.15, 0.2) is 11.5 Å². The van der Waals surface area contributed by atoms with Crippen LogP contribution in [0.3, 0.4) is 0 Å². The van der Waals surface area contributed by atoms with Crippen LogP contribution in [-0.2, 0) is 0 Å². The zero-order chi connectivity index (χ0) is 17.2. The van der Waals surface area contributed by atoms with Crippen LogP contribution in [0.15, 0.2) is 60.7 Å². The maximum absolute atomic E-state index is 12.3. The van der Waals surface area contributed by atoms with Crippen molar-refractivity contribution in [3.8, 4) is 11.5 Å². The first kappa shape index (κ1) is 15.5. The van der Waals surface area contributed by atoms with Crippen molar-refractivity contribution in [2.75, 3.05) is 13.3 Å². The summed E-state index contributed by atoms with van der Waals surface area (Å²) < 4.78 is 10.5. The third-order valence-corrected chi connectivity index (χ3v) is 4.27. The number of hydrogen-bond acceptors (Lipinski definition) is 4. The molecule has 3 aromatic rings. The Bertz CT molecular complexity index is 933. The van der Waals surface area contributed by atoms with Gasteiger partial charge in [-0.1, -0.05) is 42.5 Å². The number of carbonyl (C=O) groups excluding carboxylic acids is 1. The van der Waals surface area contributed by atoms with Crippen molar-refractivity contribution in [2.45, 2.75) is 6.10 Å². The Morgan fingerprint density at radius 1 is 1.04 bits per heavy atom. The van der Waals surface area contributed by atoms with Crippen LogP contribution >= 0.6 is 0 Å². The van der Waals surface area contributed by atoms with E-state index in [2.05, 4.69) is 5.32 Å². The topological polar surface area (TPSA) is 67.8 Å². The highest BCUT2D eigenvalue weighted by Crippen LogP contribution is 2.32. The van der Waals surface area contributed by atoms with Crippen molar-refractivity contribution in [3.05, 3.63) is 71.8 Å². The summed E-state index contributed by atoms with van der Waals surface area (Å²) in [5, 5.41) is 15.3. The highest BCUT2D eigenvalue weighted by atomic mass is 16.7. The second-order valence-electron chi connectivity index (χ2n) is 5.86. The fourth-order valence-corrected chi connectivity index (χ4v) is 2.98. The number of amides is 1. The molecule has 0 saturated carbocycles. The van der Waals surface area contributed by atoms with Gasteiger partial charge in [0.1, 0.15) is 0 Å². The average molecular weight is 335 g/mol. The molecule has 1 aliphatic heterocycles. The predicted molar refractivity (Wildman–Crippen MR) is 93.8 cm³/mol. The van der Waals surface area contributed by atoms with Crippen molar-refractivity contribution < 1.29 is 19.4 Å². The van der Waals surface area contributed by atoms with Crippen LogP contribution in [0.1, 0.15) is 22.0 Å². The number of ether oxygens (including phenoxy) is 2. The molecular formula is C20H17NO4. The van der Waals surface area contributed by atoms with E-state index in [0.29, 0.717) is 17.1 Å². The molecule has 1 atom stereocenters. The van der Waals surface area contributed by atoms with Crippen molar-refractivity contribution >= 4 is 16.7 Å². The number of aliphatic hydroxyl groups excluding tert-OH is 1. The molecule has 1 unspecified atom stereocenters. The van der Waals surface area contributed by atoms with Crippen molar-refractivity contribution in [2.24, 2.45) is 0 Å². The van der Waals surface area contributed by atoms with Gasteiger partial charge >= 0.3 is 0 Å². The first-order chi connectivity index (χ1) is 12.2. The predicted octanol–water partition coefficient (Wildman–Crippen LogP) is 3.03. The molecule has 0 aliphatic carbocycles. The number of carbonyl (C=O) groups is 1. The van der Waals surface area contributed by atoms with Crippen LogP contribution in [0.4, 0.5) is 0 Å². The standard InChI is InChI=1S/C20H17NO4/c22-17(16-7-3-5-13-4-1-2-6-15(13)16)11-21-20(23)14-8-9-18-19(10-14)25-12-24-18/h1-10,17,22H,11-12H2,(H,21,23). The van der Waals surface area contributed by atoms with E-state index in [0.717, 1.165) is 16.3 Å². The normalized spacial score (nSPS) is 13.6. The molecule has 0 aromatic heterocycles. The fraction of sp³-hybridized carbons (Fsp3) is 0.150. The van der Waals surface area contributed by atoms with Gasteiger partial charge < -0.3 is 19.9 Å². The van der Waals surface area contributed by atoms with E-state index in [9.17, 15) is 9.90 Å². The van der Waals surface area contributed by atoms with Crippen LogP contribution in [0.2, 0.25) is 0 Å². The van der Waals surface area contributed by atoms with Crippen LogP contribution < -0.4 is 14.8 Å². The molecule has 25 heavy (non-hydrogen) atoms. The molecule has 4 rings (SSSR count). The molecule has 1 amide bonds. The summed E-state index contributed by atoms with van der Waals surface area (Å²) in [6.45, 7) is 0.293. The summed E-state index contributed by atoms with van der Waals surface area (Å²) in [6.07, 6.45) is -0.788. The first-order valence-corrected chi connectivity index (χ1v) is 8.06. The minimum absolute atomic E-state index is 0.126. The van der Waals surface area contributed by atoms with Gasteiger partial charge in [0, 0.05) is 12.1 Å². The maximum atomic E-state index is 12.3. The molecule has 5 heteroatoms. The molecule has 2 N–H and O–H groups in total. The smallest absolute Gasteiger partial charge is 0.251 e. The third kappa shape index (κ3) is 3.02. The van der Waals surface area contributed by atoms with Gasteiger partial charge in [-0.15, -0.1) is 0 Å². The minimum atomic E-state index is -0.788. The van der Waals surface area contributed by atoms with Crippen LogP contribution in [0.25, 0.3) is 10.8 Å². The Morgan fingerprint density at radius 2 is 1.84 bits per heavy atom. The second kappa shape index (κ2) is 6.45. The minimum Gasteiger partial charge on any atom is -0.454 e. The van der Waals surface area contributed by atoms with Crippen molar-refractivity contribution in [1.29, 1.82) is 0 Å². The van der Waals surface area contributed by atoms with Gasteiger partial charge in [-0.3, -0.25) is 4.79 Å². The van der Waals surface area contributed by atoms with Gasteiger partial charge in [0.05, 0.1) is 6.10 Å². The summed E-state index contributed by atoms with van der Waals surface area (Å²) in [4.78, 5) is 12.3. The highest BCUT2D eigenvalue weighted by Gasteiger charge is 2.17. The molecular weight excluding hydrogens is 318 g/mol. The SMILES string of the molecule is O=C(NCC(O)c1cccc2ccccc12)c1ccc2c(c1)OCO2.